The second-order valence-electron chi connectivity index (χ2n) is 19.2. The van der Waals surface area contributed by atoms with Crippen molar-refractivity contribution < 1.29 is 23.8 Å². The van der Waals surface area contributed by atoms with E-state index >= 15 is 0 Å². The maximum Gasteiger partial charge on any atom is 0.306 e. The second-order valence-corrected chi connectivity index (χ2v) is 19.2. The maximum absolute atomic E-state index is 12.8. The predicted octanol–water partition coefficient (Wildman–Crippen LogP) is 19.4. The lowest BCUT2D eigenvalue weighted by Gasteiger charge is -2.18. The molecule has 0 radical (unpaired) electrons. The van der Waals surface area contributed by atoms with Crippen LogP contribution in [0, 0.1) is 0 Å². The molecule has 376 valence electrons. The Morgan fingerprint density at radius 3 is 1.12 bits per heavy atom. The van der Waals surface area contributed by atoms with Crippen LogP contribution in [0.2, 0.25) is 0 Å². The van der Waals surface area contributed by atoms with E-state index in [9.17, 15) is 9.59 Å². The summed E-state index contributed by atoms with van der Waals surface area (Å²) in [6, 6.07) is 0. The molecule has 0 bridgehead atoms. The zero-order chi connectivity index (χ0) is 46.3. The summed E-state index contributed by atoms with van der Waals surface area (Å²) in [6.07, 6.45) is 67.4. The fourth-order valence-electron chi connectivity index (χ4n) is 8.35. The largest absolute Gasteiger partial charge is 0.462 e. The van der Waals surface area contributed by atoms with E-state index in [0.717, 1.165) is 57.8 Å². The van der Waals surface area contributed by atoms with E-state index in [1.54, 1.807) is 0 Å². The van der Waals surface area contributed by atoms with E-state index in [-0.39, 0.29) is 25.2 Å². The summed E-state index contributed by atoms with van der Waals surface area (Å²) >= 11 is 0. The molecule has 0 saturated carbocycles. The smallest absolute Gasteiger partial charge is 0.306 e. The van der Waals surface area contributed by atoms with Gasteiger partial charge in [-0.15, -0.1) is 0 Å². The van der Waals surface area contributed by atoms with E-state index < -0.39 is 6.10 Å². The highest BCUT2D eigenvalue weighted by Gasteiger charge is 2.17. The number of hydrogen-bond acceptors (Lipinski definition) is 5. The monoisotopic (exact) mass is 899 g/mol. The Morgan fingerprint density at radius 1 is 0.344 bits per heavy atom. The van der Waals surface area contributed by atoms with Crippen molar-refractivity contribution in [2.24, 2.45) is 0 Å². The van der Waals surface area contributed by atoms with Crippen molar-refractivity contribution in [3.8, 4) is 0 Å². The Hall–Kier alpha value is -1.88. The van der Waals surface area contributed by atoms with Crippen LogP contribution in [-0.4, -0.2) is 37.9 Å². The summed E-state index contributed by atoms with van der Waals surface area (Å²) in [5.41, 5.74) is 0. The fourth-order valence-corrected chi connectivity index (χ4v) is 8.35. The lowest BCUT2D eigenvalue weighted by Crippen LogP contribution is -2.30. The molecule has 0 saturated heterocycles. The summed E-state index contributed by atoms with van der Waals surface area (Å²) in [5.74, 6) is -0.392. The molecule has 1 unspecified atom stereocenters. The number of carbonyl (C=O) groups excluding carboxylic acids is 2. The van der Waals surface area contributed by atoms with Crippen LogP contribution in [0.15, 0.2) is 36.5 Å². The zero-order valence-electron chi connectivity index (χ0n) is 43.3. The molecule has 0 amide bonds. The molecule has 0 aromatic rings. The normalized spacial score (nSPS) is 12.4. The van der Waals surface area contributed by atoms with Crippen molar-refractivity contribution in [2.45, 2.75) is 309 Å². The molecule has 0 fully saturated rings. The summed E-state index contributed by atoms with van der Waals surface area (Å²) in [4.78, 5) is 25.4. The van der Waals surface area contributed by atoms with Crippen LogP contribution < -0.4 is 0 Å². The number of hydrogen-bond donors (Lipinski definition) is 0. The van der Waals surface area contributed by atoms with Gasteiger partial charge < -0.3 is 14.2 Å². The van der Waals surface area contributed by atoms with Gasteiger partial charge in [0, 0.05) is 19.4 Å². The number of carbonyl (C=O) groups is 2. The molecular weight excluding hydrogens is 789 g/mol. The predicted molar refractivity (Wildman–Crippen MR) is 279 cm³/mol. The van der Waals surface area contributed by atoms with E-state index in [1.807, 2.05) is 0 Å². The highest BCUT2D eigenvalue weighted by atomic mass is 16.6. The van der Waals surface area contributed by atoms with Crippen LogP contribution in [0.3, 0.4) is 0 Å². The molecular formula is C59H110O5. The van der Waals surface area contributed by atoms with Gasteiger partial charge in [0.15, 0.2) is 6.10 Å². The standard InChI is InChI=1S/C59H110O5/c1-4-7-10-13-16-19-22-24-26-28-29-30-32-34-36-39-42-45-48-51-54-62-55-57(64-59(61)53-50-47-44-41-37-21-18-15-12-9-6-3)56-63-58(60)52-49-46-43-40-38-35-33-31-27-25-23-20-17-14-11-8-5-2/h15-16,18-19,24,26,57H,4-14,17,20-23,25,27-56H2,1-3H3/b18-15-,19-16-,26-24-. The molecule has 64 heavy (non-hydrogen) atoms. The SMILES string of the molecule is CCCC/C=C\CCCCCCCC(=O)OC(COCCCCCCCCCCCC/C=C\C/C=C\CCCCC)COC(=O)CCCCCCCCCCCCCCCCCCC. The van der Waals surface area contributed by atoms with Crippen LogP contribution in [-0.2, 0) is 23.8 Å². The number of unbranched alkanes of at least 4 members (excludes halogenated alkanes) is 36. The Bertz CT molecular complexity index is 1020. The van der Waals surface area contributed by atoms with Crippen molar-refractivity contribution >= 4 is 11.9 Å². The average molecular weight is 900 g/mol. The van der Waals surface area contributed by atoms with Gasteiger partial charge in [0.2, 0.25) is 0 Å². The van der Waals surface area contributed by atoms with E-state index in [0.29, 0.717) is 19.4 Å². The molecule has 0 aliphatic carbocycles. The zero-order valence-corrected chi connectivity index (χ0v) is 43.3. The minimum atomic E-state index is -0.537. The van der Waals surface area contributed by atoms with E-state index in [4.69, 9.17) is 14.2 Å². The highest BCUT2D eigenvalue weighted by molar-refractivity contribution is 5.70. The average Bonchev–Trinajstić information content (AvgIpc) is 3.30. The first kappa shape index (κ1) is 62.1. The summed E-state index contributed by atoms with van der Waals surface area (Å²) < 4.78 is 17.5. The number of allylic oxidation sites excluding steroid dienone is 6. The third-order valence-electron chi connectivity index (χ3n) is 12.6. The number of ether oxygens (including phenoxy) is 3. The van der Waals surface area contributed by atoms with Gasteiger partial charge in [0.05, 0.1) is 6.61 Å². The van der Waals surface area contributed by atoms with Crippen molar-refractivity contribution in [3.63, 3.8) is 0 Å². The fraction of sp³-hybridized carbons (Fsp3) is 0.864. The topological polar surface area (TPSA) is 61.8 Å². The maximum atomic E-state index is 12.8. The molecule has 0 rings (SSSR count). The molecule has 5 heteroatoms. The number of rotatable bonds is 53. The molecule has 0 heterocycles. The van der Waals surface area contributed by atoms with Crippen LogP contribution >= 0.6 is 0 Å². The molecule has 0 N–H and O–H groups in total. The van der Waals surface area contributed by atoms with Gasteiger partial charge in [0.1, 0.15) is 6.61 Å². The van der Waals surface area contributed by atoms with Crippen molar-refractivity contribution in [1.29, 1.82) is 0 Å². The quantitative estimate of drug-likeness (QED) is 0.0346. The molecule has 0 aromatic carbocycles. The minimum absolute atomic E-state index is 0.0862. The van der Waals surface area contributed by atoms with Crippen LogP contribution in [0.25, 0.3) is 0 Å². The van der Waals surface area contributed by atoms with Gasteiger partial charge in [-0.3, -0.25) is 9.59 Å². The van der Waals surface area contributed by atoms with Gasteiger partial charge in [-0.1, -0.05) is 256 Å². The second kappa shape index (κ2) is 55.4. The molecule has 5 nitrogen and oxygen atoms in total. The summed E-state index contributed by atoms with van der Waals surface area (Å²) in [5, 5.41) is 0. The van der Waals surface area contributed by atoms with Crippen molar-refractivity contribution in [1.82, 2.24) is 0 Å². The third kappa shape index (κ3) is 52.7. The minimum Gasteiger partial charge on any atom is -0.462 e. The van der Waals surface area contributed by atoms with Crippen LogP contribution in [0.4, 0.5) is 0 Å². The molecule has 0 aromatic heterocycles. The van der Waals surface area contributed by atoms with Crippen molar-refractivity contribution in [2.75, 3.05) is 19.8 Å². The first-order chi connectivity index (χ1) is 31.6. The Kier molecular flexibility index (Phi) is 53.8. The Balaban J connectivity index is 4.17. The molecule has 1 atom stereocenters. The number of esters is 2. The molecule has 0 spiro atoms. The summed E-state index contributed by atoms with van der Waals surface area (Å²) in [6.45, 7) is 7.81. The van der Waals surface area contributed by atoms with Crippen molar-refractivity contribution in [3.05, 3.63) is 36.5 Å². The van der Waals surface area contributed by atoms with E-state index in [2.05, 4.69) is 57.2 Å². The third-order valence-corrected chi connectivity index (χ3v) is 12.6. The van der Waals surface area contributed by atoms with Crippen LogP contribution in [0.1, 0.15) is 303 Å². The summed E-state index contributed by atoms with van der Waals surface area (Å²) in [7, 11) is 0. The van der Waals surface area contributed by atoms with Gasteiger partial charge >= 0.3 is 11.9 Å². The Morgan fingerprint density at radius 2 is 0.672 bits per heavy atom. The lowest BCUT2D eigenvalue weighted by atomic mass is 10.0. The van der Waals surface area contributed by atoms with Crippen LogP contribution in [0.5, 0.6) is 0 Å². The first-order valence-corrected chi connectivity index (χ1v) is 28.5. The van der Waals surface area contributed by atoms with Gasteiger partial charge in [-0.2, -0.15) is 0 Å². The molecule has 0 aliphatic heterocycles. The highest BCUT2D eigenvalue weighted by Crippen LogP contribution is 2.16. The van der Waals surface area contributed by atoms with Gasteiger partial charge in [0.25, 0.3) is 0 Å². The van der Waals surface area contributed by atoms with Gasteiger partial charge in [-0.05, 0) is 70.6 Å². The van der Waals surface area contributed by atoms with Gasteiger partial charge in [-0.25, -0.2) is 0 Å². The Labute approximate surface area is 400 Å². The lowest BCUT2D eigenvalue weighted by molar-refractivity contribution is -0.163. The first-order valence-electron chi connectivity index (χ1n) is 28.5. The van der Waals surface area contributed by atoms with E-state index in [1.165, 1.54) is 212 Å². The molecule has 0 aliphatic rings.